The van der Waals surface area contributed by atoms with E-state index in [1.807, 2.05) is 42.2 Å². The molecule has 2 fully saturated rings. The van der Waals surface area contributed by atoms with Gasteiger partial charge in [0.25, 0.3) is 5.91 Å². The number of ether oxygens (including phenoxy) is 1. The molecule has 42 heavy (non-hydrogen) atoms. The predicted molar refractivity (Wildman–Crippen MR) is 164 cm³/mol. The van der Waals surface area contributed by atoms with Crippen molar-refractivity contribution in [2.24, 2.45) is 5.92 Å². The van der Waals surface area contributed by atoms with Crippen molar-refractivity contribution in [3.05, 3.63) is 101 Å². The van der Waals surface area contributed by atoms with E-state index in [1.165, 1.54) is 5.56 Å². The number of amides is 1. The van der Waals surface area contributed by atoms with E-state index in [-0.39, 0.29) is 35.6 Å². The van der Waals surface area contributed by atoms with Gasteiger partial charge in [0.2, 0.25) is 0 Å². The topological polar surface area (TPSA) is 73.3 Å². The number of rotatable bonds is 8. The largest absolute Gasteiger partial charge is 0.508 e. The van der Waals surface area contributed by atoms with E-state index < -0.39 is 0 Å². The lowest BCUT2D eigenvalue weighted by Gasteiger charge is -2.47. The second-order valence-electron chi connectivity index (χ2n) is 11.8. The van der Waals surface area contributed by atoms with Crippen molar-refractivity contribution < 1.29 is 19.4 Å². The molecular weight excluding hydrogens is 526 g/mol. The highest BCUT2D eigenvalue weighted by Crippen LogP contribution is 2.35. The maximum Gasteiger partial charge on any atom is 0.309 e. The summed E-state index contributed by atoms with van der Waals surface area (Å²) in [5.41, 5.74) is 4.00. The molecule has 5 rings (SSSR count). The van der Waals surface area contributed by atoms with Crippen LogP contribution in [0.3, 0.4) is 0 Å². The van der Waals surface area contributed by atoms with Crippen LogP contribution in [-0.2, 0) is 16.1 Å². The first-order chi connectivity index (χ1) is 20.3. The Morgan fingerprint density at radius 3 is 2.26 bits per heavy atom. The van der Waals surface area contributed by atoms with Crippen LogP contribution in [0.5, 0.6) is 5.75 Å². The summed E-state index contributed by atoms with van der Waals surface area (Å²) >= 11 is 0. The summed E-state index contributed by atoms with van der Waals surface area (Å²) in [5.74, 6) is -0.0761. The Morgan fingerprint density at radius 2 is 1.57 bits per heavy atom. The number of likely N-dealkylation sites (tertiary alicyclic amines) is 1. The molecule has 3 aromatic rings. The van der Waals surface area contributed by atoms with E-state index in [0.29, 0.717) is 44.1 Å². The summed E-state index contributed by atoms with van der Waals surface area (Å²) in [6.45, 7) is 10.5. The molecule has 0 spiro atoms. The number of carbonyl (C=O) groups is 2. The molecule has 0 radical (unpaired) electrons. The highest BCUT2D eigenvalue weighted by Gasteiger charge is 2.35. The monoisotopic (exact) mass is 569 g/mol. The van der Waals surface area contributed by atoms with Gasteiger partial charge in [-0.3, -0.25) is 19.4 Å². The van der Waals surface area contributed by atoms with Crippen LogP contribution in [-0.4, -0.2) is 76.6 Å². The van der Waals surface area contributed by atoms with Gasteiger partial charge in [-0.25, -0.2) is 0 Å². The van der Waals surface area contributed by atoms with Gasteiger partial charge in [-0.15, -0.1) is 0 Å². The van der Waals surface area contributed by atoms with E-state index in [4.69, 9.17) is 4.74 Å². The van der Waals surface area contributed by atoms with Crippen molar-refractivity contribution in [1.29, 1.82) is 0 Å². The first-order valence-corrected chi connectivity index (χ1v) is 15.2. The van der Waals surface area contributed by atoms with Gasteiger partial charge in [0.15, 0.2) is 0 Å². The molecule has 2 aliphatic rings. The van der Waals surface area contributed by atoms with Gasteiger partial charge < -0.3 is 14.7 Å². The quantitative estimate of drug-likeness (QED) is 0.362. The average Bonchev–Trinajstić information content (AvgIpc) is 3.00. The summed E-state index contributed by atoms with van der Waals surface area (Å²) in [6.07, 6.45) is 1.25. The molecule has 3 aromatic carbocycles. The van der Waals surface area contributed by atoms with Gasteiger partial charge in [0, 0.05) is 50.4 Å². The van der Waals surface area contributed by atoms with Crippen LogP contribution < -0.4 is 0 Å². The van der Waals surface area contributed by atoms with E-state index in [9.17, 15) is 14.7 Å². The minimum atomic E-state index is -0.159. The summed E-state index contributed by atoms with van der Waals surface area (Å²) in [7, 11) is 0. The number of aromatic hydroxyl groups is 1. The van der Waals surface area contributed by atoms with Crippen LogP contribution in [0, 0.1) is 5.92 Å². The molecule has 222 valence electrons. The first-order valence-electron chi connectivity index (χ1n) is 15.2. The van der Waals surface area contributed by atoms with Gasteiger partial charge in [-0.1, -0.05) is 54.6 Å². The number of hydrogen-bond acceptors (Lipinski definition) is 6. The van der Waals surface area contributed by atoms with Crippen LogP contribution >= 0.6 is 0 Å². The Bertz CT molecular complexity index is 1360. The maximum atomic E-state index is 13.6. The third-order valence-electron chi connectivity index (χ3n) is 8.76. The minimum Gasteiger partial charge on any atom is -0.508 e. The molecule has 3 atom stereocenters. The summed E-state index contributed by atoms with van der Waals surface area (Å²) in [5, 5.41) is 10.4. The van der Waals surface area contributed by atoms with Gasteiger partial charge >= 0.3 is 5.97 Å². The van der Waals surface area contributed by atoms with Gasteiger partial charge in [-0.2, -0.15) is 0 Å². The van der Waals surface area contributed by atoms with Gasteiger partial charge in [-0.05, 0) is 74.6 Å². The normalized spacial score (nSPS) is 21.2. The lowest BCUT2D eigenvalue weighted by molar-refractivity contribution is -0.149. The van der Waals surface area contributed by atoms with Crippen molar-refractivity contribution >= 4 is 11.9 Å². The second kappa shape index (κ2) is 13.5. The number of piperidine rings is 1. The minimum absolute atomic E-state index is 0.0112. The van der Waals surface area contributed by atoms with Crippen molar-refractivity contribution in [3.63, 3.8) is 0 Å². The Morgan fingerprint density at radius 1 is 0.881 bits per heavy atom. The van der Waals surface area contributed by atoms with E-state index in [0.717, 1.165) is 30.8 Å². The molecule has 2 saturated heterocycles. The first kappa shape index (κ1) is 29.8. The third-order valence-corrected chi connectivity index (χ3v) is 8.76. The fraction of sp³-hybridized carbons (Fsp3) is 0.429. The average molecular weight is 570 g/mol. The van der Waals surface area contributed by atoms with E-state index in [2.05, 4.69) is 66.1 Å². The van der Waals surface area contributed by atoms with Crippen molar-refractivity contribution in [2.75, 3.05) is 32.8 Å². The molecule has 1 N–H and O–H groups in total. The van der Waals surface area contributed by atoms with Crippen molar-refractivity contribution in [3.8, 4) is 5.75 Å². The molecule has 7 nitrogen and oxygen atoms in total. The number of hydrogen-bond donors (Lipinski definition) is 1. The Hall–Kier alpha value is -3.68. The summed E-state index contributed by atoms with van der Waals surface area (Å²) < 4.78 is 5.20. The number of benzene rings is 3. The summed E-state index contributed by atoms with van der Waals surface area (Å²) in [6, 6.07) is 26.5. The van der Waals surface area contributed by atoms with E-state index >= 15 is 0 Å². The van der Waals surface area contributed by atoms with Gasteiger partial charge in [0.05, 0.1) is 18.6 Å². The fourth-order valence-electron chi connectivity index (χ4n) is 6.50. The van der Waals surface area contributed by atoms with Crippen molar-refractivity contribution in [1.82, 2.24) is 14.7 Å². The zero-order chi connectivity index (χ0) is 29.6. The molecule has 1 amide bonds. The number of nitrogens with zero attached hydrogens (tertiary/aromatic N) is 3. The van der Waals surface area contributed by atoms with Gasteiger partial charge in [0.1, 0.15) is 5.75 Å². The molecule has 2 heterocycles. The van der Waals surface area contributed by atoms with Crippen LogP contribution in [0.1, 0.15) is 66.7 Å². The fourth-order valence-corrected chi connectivity index (χ4v) is 6.50. The number of carbonyl (C=O) groups excluding carboxylic acids is 2. The number of phenolic OH excluding ortho intramolecular Hbond substituents is 1. The number of esters is 1. The van der Waals surface area contributed by atoms with Crippen LogP contribution in [0.25, 0.3) is 0 Å². The second-order valence-corrected chi connectivity index (χ2v) is 11.8. The predicted octanol–water partition coefficient (Wildman–Crippen LogP) is 5.49. The highest BCUT2D eigenvalue weighted by molar-refractivity contribution is 5.94. The van der Waals surface area contributed by atoms with Crippen molar-refractivity contribution in [2.45, 2.75) is 58.3 Å². The molecule has 0 aromatic heterocycles. The SMILES string of the molecule is CCOC(=O)C1CCN(C(=O)c2cccc(C(c3cccc(O)c3)N3C[C@@H](C)N(Cc4ccccc4)C[C@H]3C)c2)CC1. The zero-order valence-electron chi connectivity index (χ0n) is 25.0. The molecule has 7 heteroatoms. The molecule has 2 aliphatic heterocycles. The van der Waals surface area contributed by atoms with Crippen LogP contribution in [0.2, 0.25) is 0 Å². The number of piperazine rings is 1. The molecular formula is C35H43N3O4. The van der Waals surface area contributed by atoms with Crippen LogP contribution in [0.15, 0.2) is 78.9 Å². The van der Waals surface area contributed by atoms with Crippen LogP contribution in [0.4, 0.5) is 0 Å². The lowest BCUT2D eigenvalue weighted by atomic mass is 9.91. The Balaban J connectivity index is 1.37. The third kappa shape index (κ3) is 6.85. The standard InChI is InChI=1S/C35H43N3O4/c1-4-42-35(41)28-16-18-36(19-17-28)34(40)31-14-8-12-29(20-31)33(30-13-9-15-32(39)21-30)38-23-25(2)37(22-26(38)3)24-27-10-6-5-7-11-27/h5-15,20-21,25-26,28,33,39H,4,16-19,22-24H2,1-3H3/t25-,26-,33?/m1/s1. The lowest BCUT2D eigenvalue weighted by Crippen LogP contribution is -2.56. The molecule has 0 aliphatic carbocycles. The zero-order valence-corrected chi connectivity index (χ0v) is 25.0. The highest BCUT2D eigenvalue weighted by atomic mass is 16.5. The molecule has 0 bridgehead atoms. The Labute approximate surface area is 249 Å². The summed E-state index contributed by atoms with van der Waals surface area (Å²) in [4.78, 5) is 32.7. The van der Waals surface area contributed by atoms with E-state index in [1.54, 1.807) is 6.07 Å². The number of phenols is 1. The molecule has 0 saturated carbocycles. The Kier molecular flexibility index (Phi) is 9.60. The maximum absolute atomic E-state index is 13.6. The molecule has 1 unspecified atom stereocenters. The smallest absolute Gasteiger partial charge is 0.309 e.